The minimum Gasteiger partial charge on any atom is -0.352 e. The first-order valence-electron chi connectivity index (χ1n) is 7.15. The van der Waals surface area contributed by atoms with Gasteiger partial charge in [0.2, 0.25) is 0 Å². The molecule has 5 nitrogen and oxygen atoms in total. The van der Waals surface area contributed by atoms with Gasteiger partial charge in [0, 0.05) is 18.7 Å². The zero-order chi connectivity index (χ0) is 15.0. The highest BCUT2D eigenvalue weighted by molar-refractivity contribution is 7.71. The zero-order valence-electron chi connectivity index (χ0n) is 11.8. The van der Waals surface area contributed by atoms with Crippen molar-refractivity contribution in [3.05, 3.63) is 38.9 Å². The molecule has 0 unspecified atom stereocenters. The molecular weight excluding hydrogens is 286 g/mol. The van der Waals surface area contributed by atoms with Crippen molar-refractivity contribution in [1.29, 1.82) is 0 Å². The van der Waals surface area contributed by atoms with Gasteiger partial charge >= 0.3 is 0 Å². The number of nitrogens with one attached hydrogen (secondary N) is 2. The maximum Gasteiger partial charge on any atom is 0.262 e. The van der Waals surface area contributed by atoms with Gasteiger partial charge in [0.1, 0.15) is 0 Å². The number of hydrogen-bond acceptors (Lipinski definition) is 3. The molecule has 2 aromatic rings. The molecule has 0 aliphatic heterocycles. The average molecular weight is 303 g/mol. The molecule has 21 heavy (non-hydrogen) atoms. The highest BCUT2D eigenvalue weighted by atomic mass is 32.1. The van der Waals surface area contributed by atoms with Gasteiger partial charge in [-0.15, -0.1) is 0 Å². The molecule has 110 valence electrons. The summed E-state index contributed by atoms with van der Waals surface area (Å²) in [4.78, 5) is 27.4. The molecule has 2 N–H and O–H groups in total. The third kappa shape index (κ3) is 2.76. The maximum atomic E-state index is 12.3. The second-order valence-electron chi connectivity index (χ2n) is 5.39. The number of aromatic nitrogens is 2. The molecule has 0 bridgehead atoms. The number of H-pyrrole nitrogens is 1. The smallest absolute Gasteiger partial charge is 0.262 e. The van der Waals surface area contributed by atoms with Crippen LogP contribution < -0.4 is 10.9 Å². The average Bonchev–Trinajstić information content (AvgIpc) is 3.28. The largest absolute Gasteiger partial charge is 0.352 e. The van der Waals surface area contributed by atoms with Gasteiger partial charge in [-0.1, -0.05) is 0 Å². The Morgan fingerprint density at radius 1 is 1.48 bits per heavy atom. The van der Waals surface area contributed by atoms with E-state index in [1.165, 1.54) is 17.4 Å². The molecule has 1 saturated carbocycles. The summed E-state index contributed by atoms with van der Waals surface area (Å²) in [5, 5.41) is 3.46. The third-order valence-electron chi connectivity index (χ3n) is 3.81. The van der Waals surface area contributed by atoms with E-state index in [2.05, 4.69) is 10.3 Å². The van der Waals surface area contributed by atoms with Crippen LogP contribution in [0.1, 0.15) is 30.1 Å². The third-order valence-corrected chi connectivity index (χ3v) is 4.13. The molecular formula is C15H17N3O2S. The van der Waals surface area contributed by atoms with Crippen LogP contribution in [0.2, 0.25) is 0 Å². The normalized spacial score (nSPS) is 14.3. The van der Waals surface area contributed by atoms with Crippen LogP contribution in [-0.4, -0.2) is 22.0 Å². The molecule has 1 aromatic carbocycles. The van der Waals surface area contributed by atoms with Crippen molar-refractivity contribution in [1.82, 2.24) is 14.9 Å². The van der Waals surface area contributed by atoms with Crippen molar-refractivity contribution < 1.29 is 4.79 Å². The van der Waals surface area contributed by atoms with Gasteiger partial charge in [-0.3, -0.25) is 14.2 Å². The van der Waals surface area contributed by atoms with Crippen LogP contribution in [0, 0.1) is 10.7 Å². The van der Waals surface area contributed by atoms with Gasteiger partial charge in [0.15, 0.2) is 4.77 Å². The van der Waals surface area contributed by atoms with Crippen molar-refractivity contribution >= 4 is 29.0 Å². The van der Waals surface area contributed by atoms with Crippen molar-refractivity contribution in [2.24, 2.45) is 5.92 Å². The summed E-state index contributed by atoms with van der Waals surface area (Å²) in [6, 6.07) is 5.05. The SMILES string of the molecule is CCn1c(=S)[nH]c2cc(C(=O)NCC3CC3)ccc2c1=O. The van der Waals surface area contributed by atoms with E-state index in [-0.39, 0.29) is 11.5 Å². The number of hydrogen-bond donors (Lipinski definition) is 2. The monoisotopic (exact) mass is 303 g/mol. The number of fused-ring (bicyclic) bond motifs is 1. The highest BCUT2D eigenvalue weighted by Gasteiger charge is 2.22. The van der Waals surface area contributed by atoms with Gasteiger partial charge in [-0.05, 0) is 56.1 Å². The second kappa shape index (κ2) is 5.44. The minimum absolute atomic E-state index is 0.109. The molecule has 1 fully saturated rings. The van der Waals surface area contributed by atoms with E-state index in [1.807, 2.05) is 6.92 Å². The number of nitrogens with zero attached hydrogens (tertiary/aromatic N) is 1. The van der Waals surface area contributed by atoms with Crippen LogP contribution in [0.25, 0.3) is 10.9 Å². The summed E-state index contributed by atoms with van der Waals surface area (Å²) in [7, 11) is 0. The van der Waals surface area contributed by atoms with Gasteiger partial charge in [0.25, 0.3) is 11.5 Å². The fourth-order valence-corrected chi connectivity index (χ4v) is 2.67. The lowest BCUT2D eigenvalue weighted by molar-refractivity contribution is 0.0952. The molecule has 0 spiro atoms. The molecule has 0 atom stereocenters. The predicted octanol–water partition coefficient (Wildman–Crippen LogP) is 2.22. The molecule has 1 aliphatic carbocycles. The van der Waals surface area contributed by atoms with Crippen LogP contribution >= 0.6 is 12.2 Å². The molecule has 0 radical (unpaired) electrons. The fourth-order valence-electron chi connectivity index (χ4n) is 2.34. The van der Waals surface area contributed by atoms with E-state index in [0.717, 1.165) is 6.54 Å². The topological polar surface area (TPSA) is 66.9 Å². The van der Waals surface area contributed by atoms with Crippen LogP contribution in [0.3, 0.4) is 0 Å². The second-order valence-corrected chi connectivity index (χ2v) is 5.78. The van der Waals surface area contributed by atoms with Gasteiger partial charge < -0.3 is 10.3 Å². The standard InChI is InChI=1S/C15H17N3O2S/c1-2-18-14(20)11-6-5-10(7-12(11)17-15(18)21)13(19)16-8-9-3-4-9/h5-7,9H,2-4,8H2,1H3,(H,16,19)(H,17,21). The maximum absolute atomic E-state index is 12.3. The van der Waals surface area contributed by atoms with Crippen LogP contribution in [0.4, 0.5) is 0 Å². The first kappa shape index (κ1) is 14.0. The predicted molar refractivity (Wildman–Crippen MR) is 84.1 cm³/mol. The Morgan fingerprint density at radius 2 is 2.24 bits per heavy atom. The summed E-state index contributed by atoms with van der Waals surface area (Å²) in [6.07, 6.45) is 2.39. The number of aromatic amines is 1. The first-order valence-corrected chi connectivity index (χ1v) is 7.56. The highest BCUT2D eigenvalue weighted by Crippen LogP contribution is 2.27. The lowest BCUT2D eigenvalue weighted by Crippen LogP contribution is -2.26. The van der Waals surface area contributed by atoms with E-state index >= 15 is 0 Å². The summed E-state index contributed by atoms with van der Waals surface area (Å²) in [5.74, 6) is 0.528. The lowest BCUT2D eigenvalue weighted by atomic mass is 10.1. The Balaban J connectivity index is 1.97. The van der Waals surface area contributed by atoms with Crippen LogP contribution in [0.15, 0.2) is 23.0 Å². The van der Waals surface area contributed by atoms with E-state index in [4.69, 9.17) is 12.2 Å². The fraction of sp³-hybridized carbons (Fsp3) is 0.400. The first-order chi connectivity index (χ1) is 10.1. The summed E-state index contributed by atoms with van der Waals surface area (Å²) in [5.41, 5.74) is 1.03. The van der Waals surface area contributed by atoms with Crippen molar-refractivity contribution in [3.8, 4) is 0 Å². The van der Waals surface area contributed by atoms with Gasteiger partial charge in [0.05, 0.1) is 10.9 Å². The Bertz CT molecular complexity index is 818. The number of benzene rings is 1. The summed E-state index contributed by atoms with van der Waals surface area (Å²) < 4.78 is 1.88. The minimum atomic E-state index is -0.124. The Morgan fingerprint density at radius 3 is 2.90 bits per heavy atom. The Kier molecular flexibility index (Phi) is 3.63. The van der Waals surface area contributed by atoms with Crippen molar-refractivity contribution in [2.45, 2.75) is 26.3 Å². The summed E-state index contributed by atoms with van der Waals surface area (Å²) in [6.45, 7) is 3.12. The van der Waals surface area contributed by atoms with Crippen LogP contribution in [0.5, 0.6) is 0 Å². The van der Waals surface area contributed by atoms with E-state index in [0.29, 0.717) is 33.7 Å². The zero-order valence-corrected chi connectivity index (χ0v) is 12.6. The molecule has 3 rings (SSSR count). The summed E-state index contributed by atoms with van der Waals surface area (Å²) >= 11 is 5.18. The quantitative estimate of drug-likeness (QED) is 0.851. The van der Waals surface area contributed by atoms with Crippen molar-refractivity contribution in [3.63, 3.8) is 0 Å². The molecule has 1 aromatic heterocycles. The van der Waals surface area contributed by atoms with E-state index in [9.17, 15) is 9.59 Å². The van der Waals surface area contributed by atoms with Gasteiger partial charge in [-0.25, -0.2) is 0 Å². The molecule has 1 heterocycles. The molecule has 6 heteroatoms. The van der Waals surface area contributed by atoms with E-state index < -0.39 is 0 Å². The Hall–Kier alpha value is -1.95. The lowest BCUT2D eigenvalue weighted by Gasteiger charge is -2.08. The Labute approximate surface area is 127 Å². The number of carbonyl (C=O) groups excluding carboxylic acids is 1. The van der Waals surface area contributed by atoms with Gasteiger partial charge in [-0.2, -0.15) is 0 Å². The van der Waals surface area contributed by atoms with Crippen LogP contribution in [-0.2, 0) is 6.54 Å². The van der Waals surface area contributed by atoms with E-state index in [1.54, 1.807) is 18.2 Å². The number of amides is 1. The molecule has 0 saturated heterocycles. The molecule has 1 amide bonds. The molecule has 1 aliphatic rings. The van der Waals surface area contributed by atoms with Crippen molar-refractivity contribution in [2.75, 3.05) is 6.54 Å². The number of carbonyl (C=O) groups is 1. The number of rotatable bonds is 4.